The summed E-state index contributed by atoms with van der Waals surface area (Å²) in [7, 11) is -3.83. The number of carbonyl (C=O) groups excluding carboxylic acids is 1. The van der Waals surface area contributed by atoms with Gasteiger partial charge in [0.25, 0.3) is 0 Å². The lowest BCUT2D eigenvalue weighted by molar-refractivity contribution is -0.126. The van der Waals surface area contributed by atoms with Crippen LogP contribution >= 0.6 is 0 Å². The number of rotatable bonds is 7. The van der Waals surface area contributed by atoms with Crippen LogP contribution < -0.4 is 15.8 Å². The van der Waals surface area contributed by atoms with Crippen LogP contribution in [0.15, 0.2) is 56.6 Å². The maximum absolute atomic E-state index is 13.1. The summed E-state index contributed by atoms with van der Waals surface area (Å²) in [6, 6.07) is 11.8. The molecule has 10 heteroatoms. The van der Waals surface area contributed by atoms with Crippen LogP contribution in [0.3, 0.4) is 0 Å². The van der Waals surface area contributed by atoms with Crippen molar-refractivity contribution in [1.82, 2.24) is 14.6 Å². The van der Waals surface area contributed by atoms with Crippen LogP contribution in [0.25, 0.3) is 11.1 Å². The normalized spacial score (nSPS) is 17.4. The van der Waals surface area contributed by atoms with Gasteiger partial charge in [-0.3, -0.25) is 9.78 Å². The number of sulfonamides is 1. The minimum Gasteiger partial charge on any atom is -0.491 e. The van der Waals surface area contributed by atoms with Crippen molar-refractivity contribution in [1.29, 1.82) is 0 Å². The largest absolute Gasteiger partial charge is 0.491 e. The van der Waals surface area contributed by atoms with Gasteiger partial charge < -0.3 is 14.5 Å². The van der Waals surface area contributed by atoms with Crippen molar-refractivity contribution in [3.05, 3.63) is 58.6 Å². The summed E-state index contributed by atoms with van der Waals surface area (Å²) < 4.78 is 38.2. The number of nitrogens with zero attached hydrogens (tertiary/aromatic N) is 1. The molecule has 0 saturated carbocycles. The lowest BCUT2D eigenvalue weighted by Gasteiger charge is -2.31. The Balaban J connectivity index is 1.39. The molecule has 1 aliphatic rings. The molecule has 1 aliphatic heterocycles. The standard InChI is InChI=1S/C23H27N3O6S/c1-15(2)31-18-7-5-16(6-8-18)13-24-22(27)17-4-3-11-26(14-17)33(29,30)19-9-10-20-21(12-19)32-23(28)25-20/h5-10,12,15,17H,3-4,11,13-14H2,1-2H3,(H,24,27)(H,25,28)/t17-/m1/s1. The smallest absolute Gasteiger partial charge is 0.417 e. The van der Waals surface area contributed by atoms with Gasteiger partial charge >= 0.3 is 5.76 Å². The zero-order chi connectivity index (χ0) is 23.6. The zero-order valence-electron chi connectivity index (χ0n) is 18.5. The summed E-state index contributed by atoms with van der Waals surface area (Å²) in [5.41, 5.74) is 1.54. The molecule has 2 aromatic carbocycles. The highest BCUT2D eigenvalue weighted by molar-refractivity contribution is 7.89. The predicted octanol–water partition coefficient (Wildman–Crippen LogP) is 2.63. The minimum absolute atomic E-state index is 0.0301. The van der Waals surface area contributed by atoms with Gasteiger partial charge in [0.05, 0.1) is 22.4 Å². The van der Waals surface area contributed by atoms with E-state index in [0.29, 0.717) is 31.4 Å². The van der Waals surface area contributed by atoms with E-state index in [0.717, 1.165) is 11.3 Å². The highest BCUT2D eigenvalue weighted by Gasteiger charge is 2.33. The van der Waals surface area contributed by atoms with E-state index in [1.807, 2.05) is 38.1 Å². The Hall–Kier alpha value is -3.11. The predicted molar refractivity (Wildman–Crippen MR) is 122 cm³/mol. The number of hydrogen-bond donors (Lipinski definition) is 2. The van der Waals surface area contributed by atoms with Gasteiger partial charge in [-0.15, -0.1) is 0 Å². The number of oxazole rings is 1. The van der Waals surface area contributed by atoms with Crippen LogP contribution in [-0.2, 0) is 21.4 Å². The number of aromatic nitrogens is 1. The van der Waals surface area contributed by atoms with Gasteiger partial charge in [0, 0.05) is 25.7 Å². The van der Waals surface area contributed by atoms with Crippen LogP contribution in [0.1, 0.15) is 32.3 Å². The van der Waals surface area contributed by atoms with Crippen molar-refractivity contribution in [3.63, 3.8) is 0 Å². The third kappa shape index (κ3) is 5.28. The molecule has 1 saturated heterocycles. The molecule has 0 spiro atoms. The van der Waals surface area contributed by atoms with Crippen LogP contribution in [0.4, 0.5) is 0 Å². The molecule has 2 heterocycles. The Bertz CT molecular complexity index is 1290. The quantitative estimate of drug-likeness (QED) is 0.544. The second-order valence-electron chi connectivity index (χ2n) is 8.40. The van der Waals surface area contributed by atoms with E-state index in [4.69, 9.17) is 9.15 Å². The monoisotopic (exact) mass is 473 g/mol. The molecule has 33 heavy (non-hydrogen) atoms. The molecular weight excluding hydrogens is 446 g/mol. The summed E-state index contributed by atoms with van der Waals surface area (Å²) >= 11 is 0. The van der Waals surface area contributed by atoms with Crippen molar-refractivity contribution in [3.8, 4) is 5.75 Å². The van der Waals surface area contributed by atoms with Crippen molar-refractivity contribution in [2.45, 2.75) is 44.2 Å². The van der Waals surface area contributed by atoms with E-state index in [-0.39, 0.29) is 29.0 Å². The lowest BCUT2D eigenvalue weighted by atomic mass is 9.99. The van der Waals surface area contributed by atoms with Gasteiger partial charge in [-0.2, -0.15) is 4.31 Å². The maximum Gasteiger partial charge on any atom is 0.417 e. The molecule has 1 aromatic heterocycles. The first-order chi connectivity index (χ1) is 15.7. The fourth-order valence-corrected chi connectivity index (χ4v) is 5.44. The fourth-order valence-electron chi connectivity index (χ4n) is 3.90. The summed E-state index contributed by atoms with van der Waals surface area (Å²) in [5.74, 6) is -0.489. The molecule has 4 rings (SSSR count). The number of carbonyl (C=O) groups is 1. The van der Waals surface area contributed by atoms with Crippen LogP contribution in [0.2, 0.25) is 0 Å². The number of hydrogen-bond acceptors (Lipinski definition) is 6. The Kier molecular flexibility index (Phi) is 6.57. The molecule has 0 radical (unpaired) electrons. The average Bonchev–Trinajstić information content (AvgIpc) is 3.17. The molecule has 0 bridgehead atoms. The second kappa shape index (κ2) is 9.40. The summed E-state index contributed by atoms with van der Waals surface area (Å²) in [4.78, 5) is 26.6. The molecule has 0 aliphatic carbocycles. The van der Waals surface area contributed by atoms with E-state index in [9.17, 15) is 18.0 Å². The molecule has 3 aromatic rings. The van der Waals surface area contributed by atoms with Crippen molar-refractivity contribution >= 4 is 27.0 Å². The number of fused-ring (bicyclic) bond motifs is 1. The van der Waals surface area contributed by atoms with Gasteiger partial charge in [0.1, 0.15) is 5.75 Å². The van der Waals surface area contributed by atoms with Gasteiger partial charge in [-0.05, 0) is 56.5 Å². The number of nitrogens with one attached hydrogen (secondary N) is 2. The third-order valence-electron chi connectivity index (χ3n) is 5.55. The van der Waals surface area contributed by atoms with Crippen LogP contribution in [-0.4, -0.2) is 42.8 Å². The fraction of sp³-hybridized carbons (Fsp3) is 0.391. The Morgan fingerprint density at radius 3 is 2.73 bits per heavy atom. The maximum atomic E-state index is 13.1. The van der Waals surface area contributed by atoms with Gasteiger partial charge in [-0.25, -0.2) is 13.2 Å². The molecule has 0 unspecified atom stereocenters. The Morgan fingerprint density at radius 2 is 2.00 bits per heavy atom. The van der Waals surface area contributed by atoms with E-state index in [1.165, 1.54) is 22.5 Å². The van der Waals surface area contributed by atoms with E-state index in [2.05, 4.69) is 10.3 Å². The molecule has 176 valence electrons. The Labute approximate surface area is 191 Å². The Morgan fingerprint density at radius 1 is 1.24 bits per heavy atom. The second-order valence-corrected chi connectivity index (χ2v) is 10.3. The van der Waals surface area contributed by atoms with E-state index < -0.39 is 21.7 Å². The SMILES string of the molecule is CC(C)Oc1ccc(CNC(=O)[C@@H]2CCCN(S(=O)(=O)c3ccc4[nH]c(=O)oc4c3)C2)cc1. The number of piperidine rings is 1. The highest BCUT2D eigenvalue weighted by Crippen LogP contribution is 2.26. The average molecular weight is 474 g/mol. The number of ether oxygens (including phenoxy) is 1. The number of aromatic amines is 1. The topological polar surface area (TPSA) is 122 Å². The first-order valence-corrected chi connectivity index (χ1v) is 12.3. The number of benzene rings is 2. The first-order valence-electron chi connectivity index (χ1n) is 10.9. The first kappa shape index (κ1) is 23.1. The third-order valence-corrected chi connectivity index (χ3v) is 7.41. The van der Waals surface area contributed by atoms with E-state index >= 15 is 0 Å². The lowest BCUT2D eigenvalue weighted by Crippen LogP contribution is -2.45. The van der Waals surface area contributed by atoms with Crippen molar-refractivity contribution < 1.29 is 22.4 Å². The van der Waals surface area contributed by atoms with Gasteiger partial charge in [-0.1, -0.05) is 12.1 Å². The van der Waals surface area contributed by atoms with E-state index in [1.54, 1.807) is 0 Å². The van der Waals surface area contributed by atoms with Crippen molar-refractivity contribution in [2.24, 2.45) is 5.92 Å². The summed E-state index contributed by atoms with van der Waals surface area (Å²) in [5, 5.41) is 2.91. The molecule has 2 N–H and O–H groups in total. The van der Waals surface area contributed by atoms with Crippen LogP contribution in [0, 0.1) is 5.92 Å². The van der Waals surface area contributed by atoms with Crippen molar-refractivity contribution in [2.75, 3.05) is 13.1 Å². The minimum atomic E-state index is -3.83. The molecule has 9 nitrogen and oxygen atoms in total. The van der Waals surface area contributed by atoms with Crippen LogP contribution in [0.5, 0.6) is 5.75 Å². The zero-order valence-corrected chi connectivity index (χ0v) is 19.4. The summed E-state index contributed by atoms with van der Waals surface area (Å²) in [6.45, 7) is 4.70. The number of amides is 1. The molecular formula is C23H27N3O6S. The molecule has 1 amide bonds. The summed E-state index contributed by atoms with van der Waals surface area (Å²) in [6.07, 6.45) is 1.29. The van der Waals surface area contributed by atoms with Gasteiger partial charge in [0.2, 0.25) is 15.9 Å². The molecule has 1 fully saturated rings. The molecule has 1 atom stereocenters. The van der Waals surface area contributed by atoms with Gasteiger partial charge in [0.15, 0.2) is 5.58 Å². The highest BCUT2D eigenvalue weighted by atomic mass is 32.2. The number of H-pyrrole nitrogens is 1.